The van der Waals surface area contributed by atoms with E-state index in [1.807, 2.05) is 31.2 Å². The Morgan fingerprint density at radius 1 is 1.15 bits per heavy atom. The summed E-state index contributed by atoms with van der Waals surface area (Å²) in [5.74, 6) is -2.28. The van der Waals surface area contributed by atoms with Crippen molar-refractivity contribution in [3.63, 3.8) is 0 Å². The van der Waals surface area contributed by atoms with Gasteiger partial charge in [0.2, 0.25) is 11.8 Å². The van der Waals surface area contributed by atoms with Gasteiger partial charge in [0.1, 0.15) is 0 Å². The molecule has 1 aromatic carbocycles. The van der Waals surface area contributed by atoms with Crippen LogP contribution in [-0.4, -0.2) is 77.6 Å². The quantitative estimate of drug-likeness (QED) is 0.456. The van der Waals surface area contributed by atoms with Crippen molar-refractivity contribution in [2.45, 2.75) is 32.4 Å². The van der Waals surface area contributed by atoms with Crippen LogP contribution in [0.25, 0.3) is 11.5 Å². The average Bonchev–Trinajstić information content (AvgIpc) is 3.27. The van der Waals surface area contributed by atoms with Gasteiger partial charge in [-0.2, -0.15) is 13.2 Å². The van der Waals surface area contributed by atoms with Crippen molar-refractivity contribution in [3.8, 4) is 11.5 Å². The number of halogens is 3. The first-order chi connectivity index (χ1) is 16.2. The number of anilines is 2. The molecule has 1 aliphatic rings. The minimum atomic E-state index is -5.08. The van der Waals surface area contributed by atoms with Gasteiger partial charge in [-0.05, 0) is 43.7 Å². The Morgan fingerprint density at radius 2 is 1.79 bits per heavy atom. The molecule has 0 aliphatic carbocycles. The molecule has 0 unspecified atom stereocenters. The number of rotatable bonds is 9. The summed E-state index contributed by atoms with van der Waals surface area (Å²) >= 11 is 0. The summed E-state index contributed by atoms with van der Waals surface area (Å²) in [6, 6.07) is 7.81. The molecule has 13 heteroatoms. The van der Waals surface area contributed by atoms with Crippen LogP contribution in [0.2, 0.25) is 0 Å². The molecular weight excluding hydrogens is 459 g/mol. The van der Waals surface area contributed by atoms with E-state index in [0.717, 1.165) is 63.5 Å². The second kappa shape index (κ2) is 13.5. The van der Waals surface area contributed by atoms with Crippen LogP contribution < -0.4 is 10.6 Å². The SMILES string of the molecule is CCCC(=O)Nc1ccc(-c2nnc(NCCCN3CCOCC3)o2)cc1.O=C(O)C(F)(F)F. The Kier molecular flexibility index (Phi) is 10.7. The lowest BCUT2D eigenvalue weighted by atomic mass is 10.2. The molecular formula is C21H28F3N5O5. The number of aromatic nitrogens is 2. The number of carboxylic acids is 1. The molecule has 0 atom stereocenters. The van der Waals surface area contributed by atoms with Gasteiger partial charge in [0.25, 0.3) is 0 Å². The highest BCUT2D eigenvalue weighted by atomic mass is 19.4. The molecule has 10 nitrogen and oxygen atoms in total. The molecule has 0 spiro atoms. The molecule has 34 heavy (non-hydrogen) atoms. The maximum atomic E-state index is 11.6. The van der Waals surface area contributed by atoms with Crippen molar-refractivity contribution in [1.29, 1.82) is 0 Å². The number of carbonyl (C=O) groups is 2. The van der Waals surface area contributed by atoms with E-state index in [0.29, 0.717) is 18.3 Å². The lowest BCUT2D eigenvalue weighted by Gasteiger charge is -2.26. The monoisotopic (exact) mass is 487 g/mol. The number of amides is 1. The predicted octanol–water partition coefficient (Wildman–Crippen LogP) is 3.24. The van der Waals surface area contributed by atoms with Crippen molar-refractivity contribution in [2.75, 3.05) is 50.0 Å². The maximum absolute atomic E-state index is 11.6. The van der Waals surface area contributed by atoms with Gasteiger partial charge in [-0.15, -0.1) is 5.10 Å². The van der Waals surface area contributed by atoms with Gasteiger partial charge in [0, 0.05) is 37.3 Å². The zero-order valence-electron chi connectivity index (χ0n) is 18.7. The Labute approximate surface area is 194 Å². The first-order valence-corrected chi connectivity index (χ1v) is 10.8. The number of nitrogens with zero attached hydrogens (tertiary/aromatic N) is 3. The van der Waals surface area contributed by atoms with E-state index in [-0.39, 0.29) is 5.91 Å². The molecule has 1 aromatic heterocycles. The summed E-state index contributed by atoms with van der Waals surface area (Å²) in [6.07, 6.45) is -2.73. The van der Waals surface area contributed by atoms with Gasteiger partial charge in [-0.3, -0.25) is 9.69 Å². The van der Waals surface area contributed by atoms with E-state index in [1.165, 1.54) is 0 Å². The number of hydrogen-bond acceptors (Lipinski definition) is 8. The molecule has 0 radical (unpaired) electrons. The zero-order valence-corrected chi connectivity index (χ0v) is 18.7. The third-order valence-corrected chi connectivity index (χ3v) is 4.59. The highest BCUT2D eigenvalue weighted by Gasteiger charge is 2.38. The highest BCUT2D eigenvalue weighted by molar-refractivity contribution is 5.90. The molecule has 0 saturated carbocycles. The standard InChI is InChI=1S/C19H27N5O3.C2HF3O2/c1-2-4-17(25)21-16-7-5-15(6-8-16)18-22-23-19(27-18)20-9-3-10-24-11-13-26-14-12-24;3-2(4,5)1(6)7/h5-8H,2-4,9-14H2,1H3,(H,20,23)(H,21,25);(H,6,7). The smallest absolute Gasteiger partial charge is 0.475 e. The lowest BCUT2D eigenvalue weighted by Crippen LogP contribution is -2.37. The van der Waals surface area contributed by atoms with Crippen molar-refractivity contribution >= 4 is 23.6 Å². The summed E-state index contributed by atoms with van der Waals surface area (Å²) in [5, 5.41) is 21.3. The van der Waals surface area contributed by atoms with Crippen molar-refractivity contribution < 1.29 is 37.0 Å². The van der Waals surface area contributed by atoms with E-state index in [4.69, 9.17) is 19.1 Å². The molecule has 1 saturated heterocycles. The maximum Gasteiger partial charge on any atom is 0.490 e. The molecule has 3 N–H and O–H groups in total. The molecule has 1 fully saturated rings. The topological polar surface area (TPSA) is 130 Å². The first kappa shape index (κ1) is 27.1. The summed E-state index contributed by atoms with van der Waals surface area (Å²) in [5.41, 5.74) is 1.58. The lowest BCUT2D eigenvalue weighted by molar-refractivity contribution is -0.192. The van der Waals surface area contributed by atoms with E-state index in [9.17, 15) is 18.0 Å². The van der Waals surface area contributed by atoms with E-state index < -0.39 is 12.1 Å². The van der Waals surface area contributed by atoms with Crippen molar-refractivity contribution in [2.24, 2.45) is 0 Å². The largest absolute Gasteiger partial charge is 0.490 e. The molecule has 1 aliphatic heterocycles. The van der Waals surface area contributed by atoms with Crippen LogP contribution in [0.5, 0.6) is 0 Å². The fraction of sp³-hybridized carbons (Fsp3) is 0.524. The summed E-state index contributed by atoms with van der Waals surface area (Å²) in [6.45, 7) is 7.43. The molecule has 2 aromatic rings. The second-order valence-electron chi connectivity index (χ2n) is 7.33. The Bertz CT molecular complexity index is 899. The predicted molar refractivity (Wildman–Crippen MR) is 117 cm³/mol. The van der Waals surface area contributed by atoms with Gasteiger partial charge < -0.3 is 24.9 Å². The number of nitrogens with one attached hydrogen (secondary N) is 2. The van der Waals surface area contributed by atoms with Crippen molar-refractivity contribution in [3.05, 3.63) is 24.3 Å². The van der Waals surface area contributed by atoms with Gasteiger partial charge in [0.05, 0.1) is 13.2 Å². The molecule has 2 heterocycles. The number of aliphatic carboxylic acids is 1. The number of alkyl halides is 3. The third-order valence-electron chi connectivity index (χ3n) is 4.59. The van der Waals surface area contributed by atoms with Gasteiger partial charge in [-0.25, -0.2) is 4.79 Å². The molecule has 3 rings (SSSR count). The van der Waals surface area contributed by atoms with Crippen LogP contribution in [-0.2, 0) is 14.3 Å². The number of benzene rings is 1. The van der Waals surface area contributed by atoms with E-state index in [2.05, 4.69) is 25.7 Å². The molecule has 188 valence electrons. The summed E-state index contributed by atoms with van der Waals surface area (Å²) in [7, 11) is 0. The molecule has 0 bridgehead atoms. The molecule has 1 amide bonds. The Balaban J connectivity index is 0.000000509. The van der Waals surface area contributed by atoms with E-state index >= 15 is 0 Å². The van der Waals surface area contributed by atoms with Gasteiger partial charge >= 0.3 is 18.2 Å². The van der Waals surface area contributed by atoms with Gasteiger partial charge in [-0.1, -0.05) is 12.0 Å². The average molecular weight is 487 g/mol. The zero-order chi connectivity index (χ0) is 25.0. The van der Waals surface area contributed by atoms with Crippen LogP contribution in [0.1, 0.15) is 26.2 Å². The summed E-state index contributed by atoms with van der Waals surface area (Å²) < 4.78 is 42.7. The van der Waals surface area contributed by atoms with Gasteiger partial charge in [0.15, 0.2) is 0 Å². The van der Waals surface area contributed by atoms with Crippen LogP contribution in [0.4, 0.5) is 24.9 Å². The Hall–Kier alpha value is -3.19. The number of carboxylic acid groups (broad SMARTS) is 1. The normalized spacial score (nSPS) is 14.1. The third kappa shape index (κ3) is 9.75. The fourth-order valence-corrected chi connectivity index (χ4v) is 2.88. The summed E-state index contributed by atoms with van der Waals surface area (Å²) in [4.78, 5) is 22.9. The number of hydrogen-bond donors (Lipinski definition) is 3. The minimum absolute atomic E-state index is 0.0200. The minimum Gasteiger partial charge on any atom is -0.475 e. The van der Waals surface area contributed by atoms with Crippen LogP contribution in [0.3, 0.4) is 0 Å². The van der Waals surface area contributed by atoms with Crippen LogP contribution >= 0.6 is 0 Å². The fourth-order valence-electron chi connectivity index (χ4n) is 2.88. The highest BCUT2D eigenvalue weighted by Crippen LogP contribution is 2.22. The van der Waals surface area contributed by atoms with Crippen LogP contribution in [0.15, 0.2) is 28.7 Å². The Morgan fingerprint density at radius 3 is 2.38 bits per heavy atom. The number of morpholine rings is 1. The second-order valence-corrected chi connectivity index (χ2v) is 7.33. The number of ether oxygens (including phenoxy) is 1. The number of carbonyl (C=O) groups excluding carboxylic acids is 1. The first-order valence-electron chi connectivity index (χ1n) is 10.8. The van der Waals surface area contributed by atoms with Crippen LogP contribution in [0, 0.1) is 0 Å². The van der Waals surface area contributed by atoms with E-state index in [1.54, 1.807) is 0 Å². The van der Waals surface area contributed by atoms with Crippen molar-refractivity contribution in [1.82, 2.24) is 15.1 Å².